The monoisotopic (exact) mass is 344 g/mol. The summed E-state index contributed by atoms with van der Waals surface area (Å²) in [5.74, 6) is 1.04. The van der Waals surface area contributed by atoms with E-state index in [1.54, 1.807) is 0 Å². The fraction of sp³-hybridized carbons (Fsp3) is 0.750. The van der Waals surface area contributed by atoms with Gasteiger partial charge < -0.3 is 10.2 Å². The number of hydrogen-bond donors (Lipinski definition) is 1. The molecule has 0 bridgehead atoms. The Labute approximate surface area is 151 Å². The highest BCUT2D eigenvalue weighted by Crippen LogP contribution is 2.22. The van der Waals surface area contributed by atoms with Crippen molar-refractivity contribution < 1.29 is 4.79 Å². The van der Waals surface area contributed by atoms with Crippen molar-refractivity contribution in [2.45, 2.75) is 77.2 Å². The van der Waals surface area contributed by atoms with E-state index in [9.17, 15) is 4.79 Å². The van der Waals surface area contributed by atoms with Gasteiger partial charge in [0.25, 0.3) is 0 Å². The minimum atomic E-state index is 0.161. The second kappa shape index (κ2) is 8.75. The van der Waals surface area contributed by atoms with E-state index in [0.717, 1.165) is 37.2 Å². The van der Waals surface area contributed by atoms with E-state index < -0.39 is 0 Å². The third-order valence-corrected chi connectivity index (χ3v) is 5.73. The first kappa shape index (κ1) is 18.3. The first-order valence-electron chi connectivity index (χ1n) is 9.95. The predicted molar refractivity (Wildman–Crippen MR) is 99.6 cm³/mol. The molecule has 2 heterocycles. The van der Waals surface area contributed by atoms with Crippen molar-refractivity contribution in [3.63, 3.8) is 0 Å². The summed E-state index contributed by atoms with van der Waals surface area (Å²) in [4.78, 5) is 23.9. The molecule has 0 spiro atoms. The van der Waals surface area contributed by atoms with Gasteiger partial charge >= 0.3 is 0 Å². The van der Waals surface area contributed by atoms with Crippen LogP contribution in [0.15, 0.2) is 0 Å². The topological polar surface area (TPSA) is 58.1 Å². The number of carbonyl (C=O) groups is 1. The molecule has 1 aliphatic heterocycles. The highest BCUT2D eigenvalue weighted by molar-refractivity contribution is 5.75. The quantitative estimate of drug-likeness (QED) is 0.862. The van der Waals surface area contributed by atoms with Gasteiger partial charge in [0.15, 0.2) is 0 Å². The van der Waals surface area contributed by atoms with Crippen molar-refractivity contribution in [2.75, 3.05) is 20.1 Å². The maximum absolute atomic E-state index is 12.1. The molecule has 1 N–H and O–H groups in total. The number of nitrogens with one attached hydrogen (secondary N) is 1. The maximum atomic E-state index is 12.1. The van der Waals surface area contributed by atoms with E-state index in [4.69, 9.17) is 4.98 Å². The third kappa shape index (κ3) is 5.00. The summed E-state index contributed by atoms with van der Waals surface area (Å²) < 4.78 is 0. The number of rotatable bonds is 6. The van der Waals surface area contributed by atoms with Gasteiger partial charge in [0.2, 0.25) is 5.91 Å². The number of piperidine rings is 1. The molecule has 1 aromatic rings. The van der Waals surface area contributed by atoms with Gasteiger partial charge in [-0.3, -0.25) is 4.79 Å². The van der Waals surface area contributed by atoms with Gasteiger partial charge in [-0.25, -0.2) is 9.97 Å². The van der Waals surface area contributed by atoms with Crippen molar-refractivity contribution in [1.29, 1.82) is 0 Å². The predicted octanol–water partition coefficient (Wildman–Crippen LogP) is 2.59. The maximum Gasteiger partial charge on any atom is 0.220 e. The van der Waals surface area contributed by atoms with Crippen LogP contribution in [0.2, 0.25) is 0 Å². The Morgan fingerprint density at radius 2 is 2.04 bits per heavy atom. The summed E-state index contributed by atoms with van der Waals surface area (Å²) in [5, 5.41) is 3.05. The van der Waals surface area contributed by atoms with Crippen LogP contribution in [0.3, 0.4) is 0 Å². The number of nitrogens with zero attached hydrogens (tertiary/aromatic N) is 3. The molecule has 1 fully saturated rings. The second-order valence-corrected chi connectivity index (χ2v) is 7.63. The van der Waals surface area contributed by atoms with Crippen molar-refractivity contribution in [1.82, 2.24) is 20.2 Å². The van der Waals surface area contributed by atoms with E-state index in [1.165, 1.54) is 49.9 Å². The summed E-state index contributed by atoms with van der Waals surface area (Å²) in [6, 6.07) is 0.575. The average molecular weight is 345 g/mol. The Morgan fingerprint density at radius 1 is 1.20 bits per heavy atom. The zero-order chi connectivity index (χ0) is 17.6. The number of carbonyl (C=O) groups excluding carboxylic acids is 1. The molecular formula is C20H32N4O. The Bertz CT molecular complexity index is 602. The van der Waals surface area contributed by atoms with Crippen LogP contribution >= 0.6 is 0 Å². The van der Waals surface area contributed by atoms with Gasteiger partial charge in [-0.15, -0.1) is 0 Å². The molecule has 0 aromatic carbocycles. The zero-order valence-electron chi connectivity index (χ0n) is 15.8. The summed E-state index contributed by atoms with van der Waals surface area (Å²) in [7, 11) is 2.18. The Hall–Kier alpha value is -1.49. The Balaban J connectivity index is 1.42. The number of amides is 1. The van der Waals surface area contributed by atoms with E-state index >= 15 is 0 Å². The number of hydrogen-bond acceptors (Lipinski definition) is 4. The number of aryl methyl sites for hydroxylation is 2. The largest absolute Gasteiger partial charge is 0.356 e. The highest BCUT2D eigenvalue weighted by Gasteiger charge is 2.19. The third-order valence-electron chi connectivity index (χ3n) is 5.73. The van der Waals surface area contributed by atoms with Crippen LogP contribution in [-0.4, -0.2) is 47.0 Å². The molecular weight excluding hydrogens is 312 g/mol. The molecule has 138 valence electrons. The van der Waals surface area contributed by atoms with E-state index in [2.05, 4.69) is 29.2 Å². The summed E-state index contributed by atoms with van der Waals surface area (Å²) >= 11 is 0. The van der Waals surface area contributed by atoms with Gasteiger partial charge in [-0.1, -0.05) is 6.42 Å². The molecule has 1 saturated heterocycles. The van der Waals surface area contributed by atoms with E-state index in [-0.39, 0.29) is 5.91 Å². The van der Waals surface area contributed by atoms with Gasteiger partial charge in [0.1, 0.15) is 5.82 Å². The van der Waals surface area contributed by atoms with Crippen LogP contribution < -0.4 is 5.32 Å². The number of aromatic nitrogens is 2. The first-order valence-corrected chi connectivity index (χ1v) is 9.95. The van der Waals surface area contributed by atoms with Crippen molar-refractivity contribution in [2.24, 2.45) is 0 Å². The lowest BCUT2D eigenvalue weighted by Gasteiger charge is -2.32. The minimum absolute atomic E-state index is 0.161. The van der Waals surface area contributed by atoms with Gasteiger partial charge in [0, 0.05) is 36.8 Å². The van der Waals surface area contributed by atoms with Crippen LogP contribution in [0.1, 0.15) is 67.7 Å². The SMILES string of the molecule is Cc1nc(CCNC(=O)CCC2CCCCN2C)nc2c1CCCC2. The molecule has 1 amide bonds. The van der Waals surface area contributed by atoms with Crippen LogP contribution in [0.25, 0.3) is 0 Å². The summed E-state index contributed by atoms with van der Waals surface area (Å²) in [5.41, 5.74) is 3.72. The Morgan fingerprint density at radius 3 is 2.88 bits per heavy atom. The lowest BCUT2D eigenvalue weighted by atomic mass is 9.95. The molecule has 5 heteroatoms. The lowest BCUT2D eigenvalue weighted by molar-refractivity contribution is -0.121. The summed E-state index contributed by atoms with van der Waals surface area (Å²) in [6.45, 7) is 3.90. The van der Waals surface area contributed by atoms with Crippen LogP contribution in [0, 0.1) is 6.92 Å². The fourth-order valence-electron chi connectivity index (χ4n) is 4.16. The smallest absolute Gasteiger partial charge is 0.220 e. The molecule has 25 heavy (non-hydrogen) atoms. The number of likely N-dealkylation sites (tertiary alicyclic amines) is 1. The molecule has 0 radical (unpaired) electrons. The number of fused-ring (bicyclic) bond motifs is 1. The summed E-state index contributed by atoms with van der Waals surface area (Å²) in [6.07, 6.45) is 10.8. The molecule has 1 aliphatic carbocycles. The minimum Gasteiger partial charge on any atom is -0.356 e. The Kier molecular flexibility index (Phi) is 6.40. The van der Waals surface area contributed by atoms with E-state index in [1.807, 2.05) is 0 Å². The van der Waals surface area contributed by atoms with Crippen molar-refractivity contribution in [3.8, 4) is 0 Å². The normalized spacial score (nSPS) is 21.0. The van der Waals surface area contributed by atoms with E-state index in [0.29, 0.717) is 19.0 Å². The van der Waals surface area contributed by atoms with Gasteiger partial charge in [0.05, 0.1) is 0 Å². The van der Waals surface area contributed by atoms with Crippen LogP contribution in [0.4, 0.5) is 0 Å². The second-order valence-electron chi connectivity index (χ2n) is 7.63. The molecule has 0 saturated carbocycles. The molecule has 5 nitrogen and oxygen atoms in total. The van der Waals surface area contributed by atoms with Crippen molar-refractivity contribution in [3.05, 3.63) is 22.8 Å². The van der Waals surface area contributed by atoms with Gasteiger partial charge in [-0.2, -0.15) is 0 Å². The van der Waals surface area contributed by atoms with Crippen LogP contribution in [0.5, 0.6) is 0 Å². The standard InChI is InChI=1S/C20H32N4O/c1-15-17-8-3-4-9-18(17)23-19(22-15)12-13-21-20(25)11-10-16-7-5-6-14-24(16)2/h16H,3-14H2,1-2H3,(H,21,25). The molecule has 1 aromatic heterocycles. The first-order chi connectivity index (χ1) is 12.1. The zero-order valence-corrected chi connectivity index (χ0v) is 15.8. The van der Waals surface area contributed by atoms with Crippen LogP contribution in [-0.2, 0) is 24.1 Å². The fourth-order valence-corrected chi connectivity index (χ4v) is 4.16. The molecule has 1 atom stereocenters. The highest BCUT2D eigenvalue weighted by atomic mass is 16.1. The van der Waals surface area contributed by atoms with Gasteiger partial charge in [-0.05, 0) is 71.0 Å². The molecule has 2 aliphatic rings. The molecule has 3 rings (SSSR count). The lowest BCUT2D eigenvalue weighted by Crippen LogP contribution is -2.37. The molecule has 1 unspecified atom stereocenters. The average Bonchev–Trinajstić information content (AvgIpc) is 2.61. The van der Waals surface area contributed by atoms with Crippen molar-refractivity contribution >= 4 is 5.91 Å².